The minimum atomic E-state index is -3.65. The van der Waals surface area contributed by atoms with E-state index in [0.29, 0.717) is 16.6 Å². The number of halogens is 1. The van der Waals surface area contributed by atoms with E-state index in [2.05, 4.69) is 15.9 Å². The highest BCUT2D eigenvalue weighted by Gasteiger charge is 2.43. The zero-order valence-corrected chi connectivity index (χ0v) is 14.2. The molecule has 6 nitrogen and oxygen atoms in total. The average molecular weight is 377 g/mol. The largest absolute Gasteiger partial charge is 0.496 e. The number of nitrogens with zero attached hydrogens (tertiary/aromatic N) is 1. The number of rotatable bonds is 4. The number of primary amides is 1. The predicted octanol–water partition coefficient (Wildman–Crippen LogP) is 1.34. The molecule has 8 heteroatoms. The van der Waals surface area contributed by atoms with E-state index in [0.717, 1.165) is 0 Å². The number of amides is 1. The van der Waals surface area contributed by atoms with E-state index in [9.17, 15) is 13.2 Å². The second-order valence-corrected chi connectivity index (χ2v) is 8.10. The molecule has 1 aliphatic rings. The predicted molar refractivity (Wildman–Crippen MR) is 81.4 cm³/mol. The summed E-state index contributed by atoms with van der Waals surface area (Å²) in [6.07, 6.45) is 0.429. The van der Waals surface area contributed by atoms with Gasteiger partial charge in [0.2, 0.25) is 15.9 Å². The standard InChI is InChI=1S/C13H17BrN2O4S/c1-13(12(15)17)5-6-16(8-13)21(18,19)9-3-4-11(20-2)10(14)7-9/h3-4,7H,5-6,8H2,1-2H3,(H2,15,17). The van der Waals surface area contributed by atoms with E-state index in [1.54, 1.807) is 13.0 Å². The molecule has 0 radical (unpaired) electrons. The van der Waals surface area contributed by atoms with E-state index in [4.69, 9.17) is 10.5 Å². The van der Waals surface area contributed by atoms with Crippen molar-refractivity contribution < 1.29 is 17.9 Å². The van der Waals surface area contributed by atoms with E-state index < -0.39 is 21.3 Å². The molecule has 1 aromatic rings. The van der Waals surface area contributed by atoms with E-state index in [1.165, 1.54) is 23.5 Å². The van der Waals surface area contributed by atoms with Crippen molar-refractivity contribution in [1.82, 2.24) is 4.31 Å². The monoisotopic (exact) mass is 376 g/mol. The van der Waals surface area contributed by atoms with Crippen molar-refractivity contribution in [3.63, 3.8) is 0 Å². The Balaban J connectivity index is 2.32. The first-order valence-electron chi connectivity index (χ1n) is 6.34. The van der Waals surface area contributed by atoms with Crippen LogP contribution in [0.4, 0.5) is 0 Å². The summed E-state index contributed by atoms with van der Waals surface area (Å²) in [6.45, 7) is 2.08. The van der Waals surface area contributed by atoms with Gasteiger partial charge in [0.25, 0.3) is 0 Å². The van der Waals surface area contributed by atoms with Gasteiger partial charge >= 0.3 is 0 Å². The van der Waals surface area contributed by atoms with Crippen LogP contribution in [0.5, 0.6) is 5.75 Å². The molecular weight excluding hydrogens is 360 g/mol. The van der Waals surface area contributed by atoms with Crippen molar-refractivity contribution in [2.75, 3.05) is 20.2 Å². The van der Waals surface area contributed by atoms with Gasteiger partial charge in [-0.3, -0.25) is 4.79 Å². The fourth-order valence-electron chi connectivity index (χ4n) is 2.28. The molecule has 1 aliphatic heterocycles. The number of hydrogen-bond donors (Lipinski definition) is 1. The third kappa shape index (κ3) is 2.93. The highest BCUT2D eigenvalue weighted by atomic mass is 79.9. The molecule has 1 aromatic carbocycles. The first-order chi connectivity index (χ1) is 9.70. The minimum absolute atomic E-state index is 0.105. The molecule has 1 saturated heterocycles. The first-order valence-corrected chi connectivity index (χ1v) is 8.57. The van der Waals surface area contributed by atoms with Crippen LogP contribution >= 0.6 is 15.9 Å². The number of methoxy groups -OCH3 is 1. The van der Waals surface area contributed by atoms with Gasteiger partial charge in [0, 0.05) is 13.1 Å². The molecular formula is C13H17BrN2O4S. The summed E-state index contributed by atoms with van der Waals surface area (Å²) in [5.41, 5.74) is 4.54. The van der Waals surface area contributed by atoms with Gasteiger partial charge in [0.1, 0.15) is 5.75 Å². The molecule has 2 rings (SSSR count). The molecule has 1 heterocycles. The average Bonchev–Trinajstić information content (AvgIpc) is 2.83. The quantitative estimate of drug-likeness (QED) is 0.858. The lowest BCUT2D eigenvalue weighted by molar-refractivity contribution is -0.126. The van der Waals surface area contributed by atoms with E-state index in [1.807, 2.05) is 0 Å². The first kappa shape index (κ1) is 16.3. The van der Waals surface area contributed by atoms with Gasteiger partial charge in [-0.25, -0.2) is 8.42 Å². The lowest BCUT2D eigenvalue weighted by Gasteiger charge is -2.21. The second-order valence-electron chi connectivity index (χ2n) is 5.31. The van der Waals surface area contributed by atoms with Crippen molar-refractivity contribution in [2.24, 2.45) is 11.1 Å². The van der Waals surface area contributed by atoms with Gasteiger partial charge in [-0.05, 0) is 47.5 Å². The lowest BCUT2D eigenvalue weighted by Crippen LogP contribution is -2.38. The normalized spacial score (nSPS) is 23.2. The van der Waals surface area contributed by atoms with Gasteiger partial charge in [-0.15, -0.1) is 0 Å². The summed E-state index contributed by atoms with van der Waals surface area (Å²) < 4.78 is 32.2. The Morgan fingerprint density at radius 2 is 2.14 bits per heavy atom. The SMILES string of the molecule is COc1ccc(S(=O)(=O)N2CCC(C)(C(N)=O)C2)cc1Br. The minimum Gasteiger partial charge on any atom is -0.496 e. The Bertz CT molecular complexity index is 677. The summed E-state index contributed by atoms with van der Waals surface area (Å²) >= 11 is 3.27. The smallest absolute Gasteiger partial charge is 0.243 e. The van der Waals surface area contributed by atoms with Crippen LogP contribution in [0.15, 0.2) is 27.6 Å². The zero-order valence-electron chi connectivity index (χ0n) is 11.8. The van der Waals surface area contributed by atoms with Gasteiger partial charge in [0.05, 0.1) is 21.9 Å². The molecule has 1 fully saturated rings. The van der Waals surface area contributed by atoms with Crippen molar-refractivity contribution in [1.29, 1.82) is 0 Å². The summed E-state index contributed by atoms with van der Waals surface area (Å²) in [4.78, 5) is 11.6. The topological polar surface area (TPSA) is 89.7 Å². The molecule has 0 aliphatic carbocycles. The van der Waals surface area contributed by atoms with Crippen LogP contribution in [0.1, 0.15) is 13.3 Å². The Morgan fingerprint density at radius 3 is 2.62 bits per heavy atom. The summed E-state index contributed by atoms with van der Waals surface area (Å²) in [5, 5.41) is 0. The summed E-state index contributed by atoms with van der Waals surface area (Å²) in [7, 11) is -2.14. The fourth-order valence-corrected chi connectivity index (χ4v) is 4.57. The molecule has 116 valence electrons. The maximum Gasteiger partial charge on any atom is 0.243 e. The maximum atomic E-state index is 12.6. The number of carbonyl (C=O) groups excluding carboxylic acids is 1. The fraction of sp³-hybridized carbons (Fsp3) is 0.462. The zero-order chi connectivity index (χ0) is 15.8. The van der Waals surface area contributed by atoms with Crippen molar-refractivity contribution in [3.05, 3.63) is 22.7 Å². The molecule has 21 heavy (non-hydrogen) atoms. The van der Waals surface area contributed by atoms with Gasteiger partial charge in [-0.2, -0.15) is 4.31 Å². The van der Waals surface area contributed by atoms with Gasteiger partial charge < -0.3 is 10.5 Å². The van der Waals surface area contributed by atoms with Crippen LogP contribution in [0, 0.1) is 5.41 Å². The van der Waals surface area contributed by atoms with E-state index >= 15 is 0 Å². The van der Waals surface area contributed by atoms with Crippen LogP contribution in [0.25, 0.3) is 0 Å². The molecule has 2 N–H and O–H groups in total. The number of sulfonamides is 1. The Hall–Kier alpha value is -1.12. The molecule has 1 unspecified atom stereocenters. The van der Waals surface area contributed by atoms with Crippen molar-refractivity contribution >= 4 is 31.9 Å². The highest BCUT2D eigenvalue weighted by molar-refractivity contribution is 9.10. The van der Waals surface area contributed by atoms with Crippen LogP contribution < -0.4 is 10.5 Å². The Morgan fingerprint density at radius 1 is 1.48 bits per heavy atom. The van der Waals surface area contributed by atoms with Crippen LogP contribution in [0.2, 0.25) is 0 Å². The third-order valence-electron chi connectivity index (χ3n) is 3.79. The number of hydrogen-bond acceptors (Lipinski definition) is 4. The summed E-state index contributed by atoms with van der Waals surface area (Å²) in [5.74, 6) is 0.0773. The van der Waals surface area contributed by atoms with Gasteiger partial charge in [0.15, 0.2) is 0 Å². The molecule has 1 amide bonds. The summed E-state index contributed by atoms with van der Waals surface area (Å²) in [6, 6.07) is 4.56. The molecule has 0 bridgehead atoms. The number of nitrogens with two attached hydrogens (primary N) is 1. The molecule has 0 spiro atoms. The van der Waals surface area contributed by atoms with Crippen LogP contribution in [-0.2, 0) is 14.8 Å². The highest BCUT2D eigenvalue weighted by Crippen LogP contribution is 2.35. The Labute approximate surface area is 132 Å². The number of carbonyl (C=O) groups is 1. The van der Waals surface area contributed by atoms with Crippen LogP contribution in [-0.4, -0.2) is 38.8 Å². The van der Waals surface area contributed by atoms with Crippen molar-refractivity contribution in [2.45, 2.75) is 18.2 Å². The molecule has 0 aromatic heterocycles. The second kappa shape index (κ2) is 5.58. The third-order valence-corrected chi connectivity index (χ3v) is 6.26. The maximum absolute atomic E-state index is 12.6. The van der Waals surface area contributed by atoms with Crippen molar-refractivity contribution in [3.8, 4) is 5.75 Å². The lowest BCUT2D eigenvalue weighted by atomic mass is 9.89. The van der Waals surface area contributed by atoms with Crippen LogP contribution in [0.3, 0.4) is 0 Å². The molecule has 0 saturated carbocycles. The Kier molecular flexibility index (Phi) is 4.32. The number of ether oxygens (including phenoxy) is 1. The molecule has 1 atom stereocenters. The van der Waals surface area contributed by atoms with E-state index in [-0.39, 0.29) is 18.0 Å². The van der Waals surface area contributed by atoms with Gasteiger partial charge in [-0.1, -0.05) is 0 Å². The number of benzene rings is 1.